The lowest BCUT2D eigenvalue weighted by Gasteiger charge is -2.14. The number of hydrogen-bond acceptors (Lipinski definition) is 3. The van der Waals surface area contributed by atoms with Crippen molar-refractivity contribution in [2.24, 2.45) is 0 Å². The average molecular weight is 274 g/mol. The van der Waals surface area contributed by atoms with Crippen LogP contribution in [0.4, 0.5) is 0 Å². The Morgan fingerprint density at radius 2 is 2.00 bits per heavy atom. The van der Waals surface area contributed by atoms with Gasteiger partial charge < -0.3 is 10.4 Å². The maximum absolute atomic E-state index is 11.5. The number of carboxylic acids is 1. The predicted octanol–water partition coefficient (Wildman–Crippen LogP) is 0.411. The largest absolute Gasteiger partial charge is 0.480 e. The van der Waals surface area contributed by atoms with Gasteiger partial charge >= 0.3 is 5.97 Å². The van der Waals surface area contributed by atoms with Gasteiger partial charge in [0.2, 0.25) is 5.91 Å². The maximum Gasteiger partial charge on any atom is 0.326 e. The highest BCUT2D eigenvalue weighted by Gasteiger charge is 2.19. The number of amides is 1. The highest BCUT2D eigenvalue weighted by Crippen LogP contribution is 2.05. The van der Waals surface area contributed by atoms with Gasteiger partial charge in [0.05, 0.1) is 13.1 Å². The van der Waals surface area contributed by atoms with E-state index < -0.39 is 12.0 Å². The zero-order chi connectivity index (χ0) is 14.8. The molecule has 1 aromatic rings. The van der Waals surface area contributed by atoms with Gasteiger partial charge in [-0.25, -0.2) is 4.79 Å². The molecule has 1 aromatic carbocycles. The van der Waals surface area contributed by atoms with Crippen LogP contribution < -0.4 is 10.6 Å². The first-order valence-corrected chi connectivity index (χ1v) is 6.33. The minimum absolute atomic E-state index is 0.0132. The molecule has 0 bridgehead atoms. The molecule has 0 spiro atoms. The van der Waals surface area contributed by atoms with Crippen molar-refractivity contribution in [2.75, 3.05) is 13.1 Å². The summed E-state index contributed by atoms with van der Waals surface area (Å²) in [6, 6.07) is 8.65. The van der Waals surface area contributed by atoms with Gasteiger partial charge in [0.25, 0.3) is 0 Å². The topological polar surface area (TPSA) is 78.4 Å². The molecule has 20 heavy (non-hydrogen) atoms. The monoisotopic (exact) mass is 274 g/mol. The molecule has 0 aliphatic heterocycles. The first-order valence-electron chi connectivity index (χ1n) is 6.33. The highest BCUT2D eigenvalue weighted by molar-refractivity contribution is 5.84. The molecule has 0 fully saturated rings. The van der Waals surface area contributed by atoms with Crippen LogP contribution in [0.5, 0.6) is 0 Å². The number of hydrogen-bond donors (Lipinski definition) is 3. The molecular weight excluding hydrogens is 256 g/mol. The van der Waals surface area contributed by atoms with Crippen molar-refractivity contribution in [3.05, 3.63) is 35.9 Å². The molecule has 0 aromatic heterocycles. The fourth-order valence-corrected chi connectivity index (χ4v) is 1.71. The molecule has 0 aliphatic carbocycles. The van der Waals surface area contributed by atoms with E-state index in [1.165, 1.54) is 0 Å². The number of aryl methyl sites for hydroxylation is 1. The summed E-state index contributed by atoms with van der Waals surface area (Å²) in [6.07, 6.45) is 5.98. The van der Waals surface area contributed by atoms with Gasteiger partial charge in [-0.15, -0.1) is 6.42 Å². The molecule has 0 heterocycles. The van der Waals surface area contributed by atoms with Gasteiger partial charge in [-0.1, -0.05) is 36.3 Å². The van der Waals surface area contributed by atoms with E-state index in [9.17, 15) is 9.59 Å². The maximum atomic E-state index is 11.5. The van der Waals surface area contributed by atoms with Gasteiger partial charge in [0, 0.05) is 0 Å². The minimum Gasteiger partial charge on any atom is -0.480 e. The summed E-state index contributed by atoms with van der Waals surface area (Å²) < 4.78 is 0. The molecule has 1 atom stereocenters. The van der Waals surface area contributed by atoms with Crippen molar-refractivity contribution in [2.45, 2.75) is 18.9 Å². The van der Waals surface area contributed by atoms with E-state index in [0.717, 1.165) is 5.56 Å². The van der Waals surface area contributed by atoms with Crippen LogP contribution in [-0.2, 0) is 16.0 Å². The van der Waals surface area contributed by atoms with E-state index in [-0.39, 0.29) is 19.0 Å². The number of rotatable bonds is 8. The minimum atomic E-state index is -1.04. The van der Waals surface area contributed by atoms with Gasteiger partial charge in [0.1, 0.15) is 6.04 Å². The van der Waals surface area contributed by atoms with Crippen LogP contribution in [0.2, 0.25) is 0 Å². The molecule has 0 aliphatic rings. The molecule has 3 N–H and O–H groups in total. The van der Waals surface area contributed by atoms with Gasteiger partial charge in [-0.3, -0.25) is 10.1 Å². The first kappa shape index (κ1) is 15.7. The number of carboxylic acid groups (broad SMARTS) is 1. The summed E-state index contributed by atoms with van der Waals surface area (Å²) in [5, 5.41) is 14.3. The zero-order valence-electron chi connectivity index (χ0n) is 11.1. The van der Waals surface area contributed by atoms with E-state index in [2.05, 4.69) is 16.6 Å². The molecule has 0 radical (unpaired) electrons. The summed E-state index contributed by atoms with van der Waals surface area (Å²) in [7, 11) is 0. The van der Waals surface area contributed by atoms with E-state index in [4.69, 9.17) is 11.5 Å². The molecule has 0 saturated carbocycles. The summed E-state index contributed by atoms with van der Waals surface area (Å²) >= 11 is 0. The molecular formula is C15H18N2O3. The highest BCUT2D eigenvalue weighted by atomic mass is 16.4. The van der Waals surface area contributed by atoms with E-state index >= 15 is 0 Å². The molecule has 0 saturated heterocycles. The number of terminal acetylenes is 1. The molecule has 1 rings (SSSR count). The second kappa shape index (κ2) is 8.73. The Bertz CT molecular complexity index is 480. The Morgan fingerprint density at radius 3 is 2.60 bits per heavy atom. The summed E-state index contributed by atoms with van der Waals surface area (Å²) in [5.74, 6) is 0.928. The van der Waals surface area contributed by atoms with Crippen molar-refractivity contribution in [1.29, 1.82) is 0 Å². The number of carbonyl (C=O) groups excluding carboxylic acids is 1. The molecule has 1 amide bonds. The van der Waals surface area contributed by atoms with Crippen LogP contribution >= 0.6 is 0 Å². The lowest BCUT2D eigenvalue weighted by Crippen LogP contribution is -2.44. The number of aliphatic carboxylic acids is 1. The van der Waals surface area contributed by atoms with Crippen molar-refractivity contribution in [3.8, 4) is 12.3 Å². The van der Waals surface area contributed by atoms with Crippen molar-refractivity contribution >= 4 is 11.9 Å². The van der Waals surface area contributed by atoms with Gasteiger partial charge in [-0.2, -0.15) is 0 Å². The number of nitrogens with one attached hydrogen (secondary N) is 2. The molecule has 106 valence electrons. The number of carbonyl (C=O) groups is 2. The Kier molecular flexibility index (Phi) is 6.87. The Balaban J connectivity index is 2.43. The lowest BCUT2D eigenvalue weighted by molar-refractivity contribution is -0.141. The third-order valence-corrected chi connectivity index (χ3v) is 2.71. The quantitative estimate of drug-likeness (QED) is 0.474. The standard InChI is InChI=1S/C15H18N2O3/c1-2-10-16-11-14(18)17-13(15(19)20)9-8-12-6-4-3-5-7-12/h1,3-7,13,16H,8-11H2,(H,17,18)(H,19,20)/t13-/m0/s1. The van der Waals surface area contributed by atoms with Gasteiger partial charge in [0.15, 0.2) is 0 Å². The predicted molar refractivity (Wildman–Crippen MR) is 76.0 cm³/mol. The summed E-state index contributed by atoms with van der Waals surface area (Å²) in [6.45, 7) is 0.286. The van der Waals surface area contributed by atoms with Crippen LogP contribution in [0.1, 0.15) is 12.0 Å². The second-order valence-electron chi connectivity index (χ2n) is 4.29. The Labute approximate surface area is 118 Å². The van der Waals surface area contributed by atoms with Crippen LogP contribution in [0.15, 0.2) is 30.3 Å². The van der Waals surface area contributed by atoms with Crippen LogP contribution in [0.25, 0.3) is 0 Å². The third-order valence-electron chi connectivity index (χ3n) is 2.71. The second-order valence-corrected chi connectivity index (χ2v) is 4.29. The summed E-state index contributed by atoms with van der Waals surface area (Å²) in [5.41, 5.74) is 1.04. The number of benzene rings is 1. The van der Waals surface area contributed by atoms with Crippen LogP contribution in [0, 0.1) is 12.3 Å². The normalized spacial score (nSPS) is 11.3. The Hall–Kier alpha value is -2.32. The van der Waals surface area contributed by atoms with Crippen LogP contribution in [0.3, 0.4) is 0 Å². The fraction of sp³-hybridized carbons (Fsp3) is 0.333. The van der Waals surface area contributed by atoms with Crippen molar-refractivity contribution < 1.29 is 14.7 Å². The molecule has 5 heteroatoms. The van der Waals surface area contributed by atoms with Gasteiger partial charge in [-0.05, 0) is 18.4 Å². The fourth-order valence-electron chi connectivity index (χ4n) is 1.71. The average Bonchev–Trinajstić information content (AvgIpc) is 2.44. The lowest BCUT2D eigenvalue weighted by atomic mass is 10.1. The van der Waals surface area contributed by atoms with Crippen molar-refractivity contribution in [1.82, 2.24) is 10.6 Å². The van der Waals surface area contributed by atoms with E-state index in [1.807, 2.05) is 30.3 Å². The zero-order valence-corrected chi connectivity index (χ0v) is 11.1. The Morgan fingerprint density at radius 1 is 1.30 bits per heavy atom. The summed E-state index contributed by atoms with van der Waals surface area (Å²) in [4.78, 5) is 22.7. The van der Waals surface area contributed by atoms with Crippen LogP contribution in [-0.4, -0.2) is 36.1 Å². The molecule has 5 nitrogen and oxygen atoms in total. The van der Waals surface area contributed by atoms with E-state index in [0.29, 0.717) is 12.8 Å². The van der Waals surface area contributed by atoms with E-state index in [1.54, 1.807) is 0 Å². The SMILES string of the molecule is C#CCNCC(=O)N[C@@H](CCc1ccccc1)C(=O)O. The smallest absolute Gasteiger partial charge is 0.326 e. The third kappa shape index (κ3) is 6.03. The molecule has 0 unspecified atom stereocenters. The first-order chi connectivity index (χ1) is 9.63. The van der Waals surface area contributed by atoms with Crippen molar-refractivity contribution in [3.63, 3.8) is 0 Å².